The van der Waals surface area contributed by atoms with Crippen molar-refractivity contribution >= 4 is 10.9 Å². The molecule has 0 aliphatic carbocycles. The van der Waals surface area contributed by atoms with E-state index in [-0.39, 0.29) is 0 Å². The molecule has 0 spiro atoms. The third-order valence-corrected chi connectivity index (χ3v) is 3.58. The minimum absolute atomic E-state index is 1.04. The SMILES string of the molecule is CCNCCc1c(C)n(C)c2cc(C)ccc12. The number of fused-ring (bicyclic) bond motifs is 1. The van der Waals surface area contributed by atoms with Crippen molar-refractivity contribution in [1.82, 2.24) is 9.88 Å². The van der Waals surface area contributed by atoms with Gasteiger partial charge in [0.15, 0.2) is 0 Å². The molecule has 0 fully saturated rings. The molecule has 17 heavy (non-hydrogen) atoms. The summed E-state index contributed by atoms with van der Waals surface area (Å²) in [6.45, 7) is 8.63. The fraction of sp³-hybridized carbons (Fsp3) is 0.467. The molecule has 92 valence electrons. The number of aryl methyl sites for hydroxylation is 2. The standard InChI is InChI=1S/C15H22N2/c1-5-16-9-8-13-12(3)17(4)15-10-11(2)6-7-14(13)15/h6-7,10,16H,5,8-9H2,1-4H3. The van der Waals surface area contributed by atoms with E-state index in [4.69, 9.17) is 0 Å². The molecule has 2 nitrogen and oxygen atoms in total. The summed E-state index contributed by atoms with van der Waals surface area (Å²) in [7, 11) is 2.16. The first-order valence-corrected chi connectivity index (χ1v) is 6.40. The van der Waals surface area contributed by atoms with Crippen LogP contribution in [0.3, 0.4) is 0 Å². The Kier molecular flexibility index (Phi) is 3.53. The lowest BCUT2D eigenvalue weighted by molar-refractivity contribution is 0.714. The van der Waals surface area contributed by atoms with Crippen molar-refractivity contribution in [3.8, 4) is 0 Å². The van der Waals surface area contributed by atoms with Crippen molar-refractivity contribution in [3.63, 3.8) is 0 Å². The lowest BCUT2D eigenvalue weighted by atomic mass is 10.1. The first-order chi connectivity index (χ1) is 8.15. The maximum atomic E-state index is 3.40. The predicted octanol–water partition coefficient (Wildman–Crippen LogP) is 2.95. The van der Waals surface area contributed by atoms with Crippen molar-refractivity contribution in [1.29, 1.82) is 0 Å². The van der Waals surface area contributed by atoms with Gasteiger partial charge in [-0.3, -0.25) is 0 Å². The highest BCUT2D eigenvalue weighted by Gasteiger charge is 2.11. The fourth-order valence-electron chi connectivity index (χ4n) is 2.46. The van der Waals surface area contributed by atoms with Crippen LogP contribution in [0.4, 0.5) is 0 Å². The van der Waals surface area contributed by atoms with Crippen LogP contribution in [0.2, 0.25) is 0 Å². The van der Waals surface area contributed by atoms with Crippen LogP contribution in [-0.2, 0) is 13.5 Å². The van der Waals surface area contributed by atoms with Gasteiger partial charge in [-0.05, 0) is 50.6 Å². The maximum Gasteiger partial charge on any atom is 0.0485 e. The molecule has 0 atom stereocenters. The Labute approximate surface area is 104 Å². The maximum absolute atomic E-state index is 3.40. The summed E-state index contributed by atoms with van der Waals surface area (Å²) in [5.74, 6) is 0. The largest absolute Gasteiger partial charge is 0.348 e. The summed E-state index contributed by atoms with van der Waals surface area (Å²) in [5, 5.41) is 4.81. The molecule has 0 amide bonds. The van der Waals surface area contributed by atoms with Gasteiger partial charge in [-0.1, -0.05) is 19.1 Å². The zero-order chi connectivity index (χ0) is 12.4. The molecule has 2 rings (SSSR count). The highest BCUT2D eigenvalue weighted by Crippen LogP contribution is 2.26. The third-order valence-electron chi connectivity index (χ3n) is 3.58. The number of hydrogen-bond donors (Lipinski definition) is 1. The van der Waals surface area contributed by atoms with Crippen LogP contribution in [-0.4, -0.2) is 17.7 Å². The zero-order valence-electron chi connectivity index (χ0n) is 11.3. The molecule has 1 aromatic carbocycles. The first-order valence-electron chi connectivity index (χ1n) is 6.40. The molecule has 1 aromatic heterocycles. The highest BCUT2D eigenvalue weighted by atomic mass is 14.9. The van der Waals surface area contributed by atoms with E-state index >= 15 is 0 Å². The number of rotatable bonds is 4. The van der Waals surface area contributed by atoms with Gasteiger partial charge in [-0.15, -0.1) is 0 Å². The van der Waals surface area contributed by atoms with Crippen LogP contribution in [0.1, 0.15) is 23.7 Å². The van der Waals surface area contributed by atoms with E-state index in [1.165, 1.54) is 27.7 Å². The van der Waals surface area contributed by atoms with Crippen molar-refractivity contribution in [2.45, 2.75) is 27.2 Å². The Bertz CT molecular complexity index is 523. The average molecular weight is 230 g/mol. The molecule has 0 saturated heterocycles. The summed E-state index contributed by atoms with van der Waals surface area (Å²) < 4.78 is 2.31. The molecule has 1 N–H and O–H groups in total. The van der Waals surface area contributed by atoms with Gasteiger partial charge in [0, 0.05) is 23.6 Å². The smallest absolute Gasteiger partial charge is 0.0485 e. The van der Waals surface area contributed by atoms with Gasteiger partial charge in [0.2, 0.25) is 0 Å². The number of aromatic nitrogens is 1. The van der Waals surface area contributed by atoms with Crippen molar-refractivity contribution < 1.29 is 0 Å². The predicted molar refractivity (Wildman–Crippen MR) is 74.6 cm³/mol. The second-order valence-corrected chi connectivity index (χ2v) is 4.75. The van der Waals surface area contributed by atoms with Crippen LogP contribution in [0, 0.1) is 13.8 Å². The second-order valence-electron chi connectivity index (χ2n) is 4.75. The van der Waals surface area contributed by atoms with E-state index < -0.39 is 0 Å². The summed E-state index contributed by atoms with van der Waals surface area (Å²) in [5.41, 5.74) is 5.57. The van der Waals surface area contributed by atoms with E-state index in [0.29, 0.717) is 0 Å². The molecular formula is C15H22N2. The van der Waals surface area contributed by atoms with Gasteiger partial charge in [0.25, 0.3) is 0 Å². The fourth-order valence-corrected chi connectivity index (χ4v) is 2.46. The monoisotopic (exact) mass is 230 g/mol. The number of likely N-dealkylation sites (N-methyl/N-ethyl adjacent to an activating group) is 1. The Balaban J connectivity index is 2.44. The van der Waals surface area contributed by atoms with E-state index in [2.05, 4.69) is 55.9 Å². The summed E-state index contributed by atoms with van der Waals surface area (Å²) in [6, 6.07) is 6.75. The van der Waals surface area contributed by atoms with E-state index in [9.17, 15) is 0 Å². The lowest BCUT2D eigenvalue weighted by Crippen LogP contribution is -2.16. The van der Waals surface area contributed by atoms with Crippen LogP contribution >= 0.6 is 0 Å². The van der Waals surface area contributed by atoms with Gasteiger partial charge >= 0.3 is 0 Å². The lowest BCUT2D eigenvalue weighted by Gasteiger charge is -2.03. The molecular weight excluding hydrogens is 208 g/mol. The molecule has 2 heteroatoms. The Morgan fingerprint density at radius 2 is 2.00 bits per heavy atom. The summed E-state index contributed by atoms with van der Waals surface area (Å²) >= 11 is 0. The van der Waals surface area contributed by atoms with E-state index in [0.717, 1.165) is 19.5 Å². The molecule has 0 unspecified atom stereocenters. The van der Waals surface area contributed by atoms with Crippen LogP contribution < -0.4 is 5.32 Å². The van der Waals surface area contributed by atoms with Crippen molar-refractivity contribution in [2.24, 2.45) is 7.05 Å². The molecule has 0 radical (unpaired) electrons. The molecule has 0 aliphatic rings. The second kappa shape index (κ2) is 4.92. The van der Waals surface area contributed by atoms with Gasteiger partial charge in [0.05, 0.1) is 0 Å². The van der Waals surface area contributed by atoms with Crippen LogP contribution in [0.5, 0.6) is 0 Å². The topological polar surface area (TPSA) is 17.0 Å². The molecule has 0 bridgehead atoms. The summed E-state index contributed by atoms with van der Waals surface area (Å²) in [6.07, 6.45) is 1.11. The number of hydrogen-bond acceptors (Lipinski definition) is 1. The van der Waals surface area contributed by atoms with Gasteiger partial charge in [0.1, 0.15) is 0 Å². The summed E-state index contributed by atoms with van der Waals surface area (Å²) in [4.78, 5) is 0. The normalized spacial score (nSPS) is 11.3. The highest BCUT2D eigenvalue weighted by molar-refractivity contribution is 5.86. The quantitative estimate of drug-likeness (QED) is 0.799. The van der Waals surface area contributed by atoms with E-state index in [1.807, 2.05) is 0 Å². The molecule has 0 saturated carbocycles. The van der Waals surface area contributed by atoms with Crippen LogP contribution in [0.25, 0.3) is 10.9 Å². The van der Waals surface area contributed by atoms with Gasteiger partial charge in [-0.2, -0.15) is 0 Å². The number of benzene rings is 1. The van der Waals surface area contributed by atoms with Gasteiger partial charge in [-0.25, -0.2) is 0 Å². The van der Waals surface area contributed by atoms with Gasteiger partial charge < -0.3 is 9.88 Å². The van der Waals surface area contributed by atoms with E-state index in [1.54, 1.807) is 0 Å². The minimum Gasteiger partial charge on any atom is -0.348 e. The average Bonchev–Trinajstić information content (AvgIpc) is 2.54. The first kappa shape index (κ1) is 12.2. The molecule has 1 heterocycles. The number of nitrogens with zero attached hydrogens (tertiary/aromatic N) is 1. The Hall–Kier alpha value is -1.28. The van der Waals surface area contributed by atoms with Crippen LogP contribution in [0.15, 0.2) is 18.2 Å². The van der Waals surface area contributed by atoms with Crippen molar-refractivity contribution in [3.05, 3.63) is 35.0 Å². The number of nitrogens with one attached hydrogen (secondary N) is 1. The zero-order valence-corrected chi connectivity index (χ0v) is 11.3. The Morgan fingerprint density at radius 3 is 2.71 bits per heavy atom. The Morgan fingerprint density at radius 1 is 1.24 bits per heavy atom. The third kappa shape index (κ3) is 2.22. The molecule has 2 aromatic rings. The van der Waals surface area contributed by atoms with Crippen molar-refractivity contribution in [2.75, 3.05) is 13.1 Å². The molecule has 0 aliphatic heterocycles. The minimum atomic E-state index is 1.04.